The van der Waals surface area contributed by atoms with Crippen molar-refractivity contribution in [2.24, 2.45) is 0 Å². The lowest BCUT2D eigenvalue weighted by atomic mass is 10.2. The largest absolute Gasteiger partial charge is 0.338 e. The van der Waals surface area contributed by atoms with Crippen molar-refractivity contribution in [1.82, 2.24) is 9.62 Å². The van der Waals surface area contributed by atoms with Crippen molar-refractivity contribution in [2.75, 3.05) is 31.7 Å². The summed E-state index contributed by atoms with van der Waals surface area (Å²) < 4.78 is 37.0. The number of benzene rings is 1. The normalized spacial score (nSPS) is 11.5. The Morgan fingerprint density at radius 3 is 2.62 bits per heavy atom. The number of hydrogen-bond acceptors (Lipinski definition) is 3. The van der Waals surface area contributed by atoms with Gasteiger partial charge in [-0.3, -0.25) is 0 Å². The van der Waals surface area contributed by atoms with Gasteiger partial charge in [-0.05, 0) is 31.0 Å². The van der Waals surface area contributed by atoms with Gasteiger partial charge in [-0.15, -0.1) is 0 Å². The third-order valence-electron chi connectivity index (χ3n) is 2.87. The summed E-state index contributed by atoms with van der Waals surface area (Å²) in [5.74, 6) is -0.498. The highest BCUT2D eigenvalue weighted by Crippen LogP contribution is 2.14. The van der Waals surface area contributed by atoms with Crippen LogP contribution in [0.1, 0.15) is 12.0 Å². The first-order valence-electron chi connectivity index (χ1n) is 6.42. The second-order valence-electron chi connectivity index (χ2n) is 4.80. The molecule has 1 aromatic carbocycles. The van der Waals surface area contributed by atoms with E-state index in [-0.39, 0.29) is 5.69 Å². The van der Waals surface area contributed by atoms with E-state index in [0.717, 1.165) is 11.8 Å². The molecule has 0 aliphatic heterocycles. The molecule has 0 saturated heterocycles. The number of nitrogens with zero attached hydrogens (tertiary/aromatic N) is 1. The van der Waals surface area contributed by atoms with Crippen LogP contribution in [0.2, 0.25) is 0 Å². The highest BCUT2D eigenvalue weighted by atomic mass is 32.2. The van der Waals surface area contributed by atoms with Gasteiger partial charge in [0, 0.05) is 20.1 Å². The standard InChI is InChI=1S/C13H20FN3O3S/c1-10-5-6-12(11(14)9-10)16-13(18)15-7-4-8-17(2)21(3,19)20/h5-6,9H,4,7-8H2,1-3H3,(H2,15,16,18). The number of anilines is 1. The molecule has 0 radical (unpaired) electrons. The Kier molecular flexibility index (Phi) is 6.10. The van der Waals surface area contributed by atoms with E-state index in [0.29, 0.717) is 19.5 Å². The maximum atomic E-state index is 13.5. The molecule has 1 aromatic rings. The van der Waals surface area contributed by atoms with Gasteiger partial charge in [0.15, 0.2) is 0 Å². The molecule has 0 aromatic heterocycles. The molecule has 118 valence electrons. The highest BCUT2D eigenvalue weighted by molar-refractivity contribution is 7.88. The van der Waals surface area contributed by atoms with Gasteiger partial charge in [-0.1, -0.05) is 6.07 Å². The van der Waals surface area contributed by atoms with Crippen molar-refractivity contribution in [3.63, 3.8) is 0 Å². The molecule has 8 heteroatoms. The van der Waals surface area contributed by atoms with Crippen LogP contribution in [-0.2, 0) is 10.0 Å². The zero-order chi connectivity index (χ0) is 16.0. The summed E-state index contributed by atoms with van der Waals surface area (Å²) in [5, 5.41) is 4.94. The molecule has 2 N–H and O–H groups in total. The number of urea groups is 1. The molecule has 0 bridgehead atoms. The number of halogens is 1. The topological polar surface area (TPSA) is 78.5 Å². The molecule has 21 heavy (non-hydrogen) atoms. The average molecular weight is 317 g/mol. The lowest BCUT2D eigenvalue weighted by Gasteiger charge is -2.14. The average Bonchev–Trinajstić information content (AvgIpc) is 2.36. The minimum Gasteiger partial charge on any atom is -0.338 e. The number of amides is 2. The predicted molar refractivity (Wildman–Crippen MR) is 80.2 cm³/mol. The van der Waals surface area contributed by atoms with Crippen molar-refractivity contribution in [3.8, 4) is 0 Å². The smallest absolute Gasteiger partial charge is 0.319 e. The number of hydrogen-bond donors (Lipinski definition) is 2. The quantitative estimate of drug-likeness (QED) is 0.781. The van der Waals surface area contributed by atoms with Crippen molar-refractivity contribution >= 4 is 21.7 Å². The number of aryl methyl sites for hydroxylation is 1. The molecule has 1 rings (SSSR count). The Morgan fingerprint density at radius 2 is 2.05 bits per heavy atom. The van der Waals surface area contributed by atoms with Gasteiger partial charge in [-0.25, -0.2) is 21.9 Å². The molecule has 0 saturated carbocycles. The second kappa shape index (κ2) is 7.37. The molecule has 0 spiro atoms. The van der Waals surface area contributed by atoms with E-state index in [1.807, 2.05) is 0 Å². The Bertz CT molecular complexity index is 605. The molecule has 0 unspecified atom stereocenters. The first-order valence-corrected chi connectivity index (χ1v) is 8.27. The van der Waals surface area contributed by atoms with Crippen LogP contribution < -0.4 is 10.6 Å². The lowest BCUT2D eigenvalue weighted by Crippen LogP contribution is -2.33. The van der Waals surface area contributed by atoms with Crippen LogP contribution in [0.15, 0.2) is 18.2 Å². The molecule has 0 atom stereocenters. The monoisotopic (exact) mass is 317 g/mol. The van der Waals surface area contributed by atoms with Gasteiger partial charge in [0.2, 0.25) is 10.0 Å². The third kappa shape index (κ3) is 6.09. The SMILES string of the molecule is Cc1ccc(NC(=O)NCCCN(C)S(C)(=O)=O)c(F)c1. The maximum Gasteiger partial charge on any atom is 0.319 e. The van der Waals surface area contributed by atoms with Crippen LogP contribution in [0.3, 0.4) is 0 Å². The Labute approximate surface area is 124 Å². The molecular formula is C13H20FN3O3S. The summed E-state index contributed by atoms with van der Waals surface area (Å²) in [5.41, 5.74) is 0.869. The van der Waals surface area contributed by atoms with Crippen molar-refractivity contribution in [1.29, 1.82) is 0 Å². The molecule has 6 nitrogen and oxygen atoms in total. The number of sulfonamides is 1. The maximum absolute atomic E-state index is 13.5. The van der Waals surface area contributed by atoms with Crippen LogP contribution >= 0.6 is 0 Å². The summed E-state index contributed by atoms with van der Waals surface area (Å²) >= 11 is 0. The van der Waals surface area contributed by atoms with Gasteiger partial charge >= 0.3 is 6.03 Å². The van der Waals surface area contributed by atoms with Crippen molar-refractivity contribution < 1.29 is 17.6 Å². The first kappa shape index (κ1) is 17.4. The Balaban J connectivity index is 2.35. The van der Waals surface area contributed by atoms with E-state index in [1.165, 1.54) is 23.5 Å². The van der Waals surface area contributed by atoms with Gasteiger partial charge in [0.05, 0.1) is 11.9 Å². The van der Waals surface area contributed by atoms with Crippen LogP contribution in [0, 0.1) is 12.7 Å². The zero-order valence-corrected chi connectivity index (χ0v) is 13.1. The minimum absolute atomic E-state index is 0.103. The van der Waals surface area contributed by atoms with Gasteiger partial charge < -0.3 is 10.6 Å². The fraction of sp³-hybridized carbons (Fsp3) is 0.462. The predicted octanol–water partition coefficient (Wildman–Crippen LogP) is 1.54. The summed E-state index contributed by atoms with van der Waals surface area (Å²) in [6.07, 6.45) is 1.58. The van der Waals surface area contributed by atoms with Crippen molar-refractivity contribution in [3.05, 3.63) is 29.6 Å². The number of nitrogens with one attached hydrogen (secondary N) is 2. The lowest BCUT2D eigenvalue weighted by molar-refractivity contribution is 0.251. The van der Waals surface area contributed by atoms with E-state index in [1.54, 1.807) is 13.0 Å². The van der Waals surface area contributed by atoms with Crippen LogP contribution in [-0.4, -0.2) is 45.1 Å². The fourth-order valence-electron chi connectivity index (χ4n) is 1.56. The van der Waals surface area contributed by atoms with Gasteiger partial charge in [0.1, 0.15) is 5.82 Å². The number of carbonyl (C=O) groups excluding carboxylic acids is 1. The van der Waals surface area contributed by atoms with Crippen LogP contribution in [0.25, 0.3) is 0 Å². The third-order valence-corrected chi connectivity index (χ3v) is 4.19. The van der Waals surface area contributed by atoms with Gasteiger partial charge in [0.25, 0.3) is 0 Å². The van der Waals surface area contributed by atoms with E-state index < -0.39 is 21.9 Å². The molecule has 0 aliphatic rings. The summed E-state index contributed by atoms with van der Waals surface area (Å²) in [6.45, 7) is 2.35. The number of rotatable bonds is 6. The molecule has 0 heterocycles. The van der Waals surface area contributed by atoms with E-state index in [9.17, 15) is 17.6 Å². The fourth-order valence-corrected chi connectivity index (χ4v) is 2.02. The molecule has 2 amide bonds. The van der Waals surface area contributed by atoms with Gasteiger partial charge in [-0.2, -0.15) is 0 Å². The van der Waals surface area contributed by atoms with Crippen LogP contribution in [0.5, 0.6) is 0 Å². The Hall–Kier alpha value is -1.67. The summed E-state index contributed by atoms with van der Waals surface area (Å²) in [6, 6.07) is 3.98. The number of carbonyl (C=O) groups is 1. The van der Waals surface area contributed by atoms with E-state index in [2.05, 4.69) is 10.6 Å². The summed E-state index contributed by atoms with van der Waals surface area (Å²) in [7, 11) is -1.74. The highest BCUT2D eigenvalue weighted by Gasteiger charge is 2.10. The molecule has 0 fully saturated rings. The minimum atomic E-state index is -3.21. The summed E-state index contributed by atoms with van der Waals surface area (Å²) in [4.78, 5) is 11.6. The zero-order valence-electron chi connectivity index (χ0n) is 12.3. The Morgan fingerprint density at radius 1 is 1.38 bits per heavy atom. The first-order chi connectivity index (χ1) is 9.70. The van der Waals surface area contributed by atoms with Crippen molar-refractivity contribution in [2.45, 2.75) is 13.3 Å². The van der Waals surface area contributed by atoms with E-state index >= 15 is 0 Å². The molecular weight excluding hydrogens is 297 g/mol. The molecule has 0 aliphatic carbocycles. The van der Waals surface area contributed by atoms with E-state index in [4.69, 9.17) is 0 Å². The second-order valence-corrected chi connectivity index (χ2v) is 6.89. The van der Waals surface area contributed by atoms with Crippen LogP contribution in [0.4, 0.5) is 14.9 Å².